The second-order valence-corrected chi connectivity index (χ2v) is 5.38. The number of ketones is 3. The van der Waals surface area contributed by atoms with Crippen LogP contribution >= 0.6 is 0 Å². The van der Waals surface area contributed by atoms with E-state index in [1.54, 1.807) is 6.92 Å². The van der Waals surface area contributed by atoms with E-state index in [2.05, 4.69) is 0 Å². The maximum absolute atomic E-state index is 11.9. The summed E-state index contributed by atoms with van der Waals surface area (Å²) in [5.74, 6) is 0.0648. The molecule has 19 heavy (non-hydrogen) atoms. The summed E-state index contributed by atoms with van der Waals surface area (Å²) in [6.45, 7) is 1.68. The Bertz CT molecular complexity index is 486. The first-order chi connectivity index (χ1) is 9.02. The summed E-state index contributed by atoms with van der Waals surface area (Å²) in [6.07, 6.45) is 1.70. The van der Waals surface area contributed by atoms with Crippen molar-refractivity contribution >= 4 is 17.3 Å². The summed E-state index contributed by atoms with van der Waals surface area (Å²) < 4.78 is 0. The molecule has 0 N–H and O–H groups in total. The normalized spacial score (nSPS) is 17.7. The molecule has 0 atom stereocenters. The van der Waals surface area contributed by atoms with Gasteiger partial charge in [0, 0.05) is 25.7 Å². The first-order valence-electron chi connectivity index (χ1n) is 6.64. The molecule has 0 spiro atoms. The summed E-state index contributed by atoms with van der Waals surface area (Å²) in [6, 6.07) is 9.52. The first-order valence-corrected chi connectivity index (χ1v) is 6.64. The lowest BCUT2D eigenvalue weighted by atomic mass is 9.81. The molecular weight excluding hydrogens is 240 g/mol. The van der Waals surface area contributed by atoms with Gasteiger partial charge in [-0.25, -0.2) is 0 Å². The third kappa shape index (κ3) is 2.98. The quantitative estimate of drug-likeness (QED) is 0.762. The van der Waals surface area contributed by atoms with Gasteiger partial charge in [0.05, 0.1) is 5.41 Å². The standard InChI is InChI=1S/C16H18O3/c1-16(14(18)7-8-15(16)19)10-9-13(17)11-12-5-3-2-4-6-12/h2-6H,7-11H2,1H3. The number of carbonyl (C=O) groups is 3. The minimum Gasteiger partial charge on any atom is -0.299 e. The molecule has 0 bridgehead atoms. The number of rotatable bonds is 5. The summed E-state index contributed by atoms with van der Waals surface area (Å²) in [4.78, 5) is 35.4. The van der Waals surface area contributed by atoms with Crippen LogP contribution in [0.5, 0.6) is 0 Å². The van der Waals surface area contributed by atoms with E-state index in [0.717, 1.165) is 5.56 Å². The fraction of sp³-hybridized carbons (Fsp3) is 0.438. The minimum absolute atomic E-state index is 0.00925. The summed E-state index contributed by atoms with van der Waals surface area (Å²) in [5, 5.41) is 0. The van der Waals surface area contributed by atoms with E-state index in [1.165, 1.54) is 0 Å². The number of benzene rings is 1. The largest absolute Gasteiger partial charge is 0.299 e. The highest BCUT2D eigenvalue weighted by atomic mass is 16.2. The van der Waals surface area contributed by atoms with Crippen LogP contribution < -0.4 is 0 Å². The van der Waals surface area contributed by atoms with Crippen LogP contribution in [0.4, 0.5) is 0 Å². The maximum atomic E-state index is 11.9. The third-order valence-electron chi connectivity index (χ3n) is 3.96. The molecule has 3 nitrogen and oxygen atoms in total. The molecule has 0 aliphatic heterocycles. The molecule has 1 aliphatic rings. The van der Waals surface area contributed by atoms with Gasteiger partial charge in [0.15, 0.2) is 0 Å². The van der Waals surface area contributed by atoms with Gasteiger partial charge in [-0.3, -0.25) is 14.4 Å². The van der Waals surface area contributed by atoms with E-state index < -0.39 is 5.41 Å². The van der Waals surface area contributed by atoms with Crippen molar-refractivity contribution in [1.29, 1.82) is 0 Å². The lowest BCUT2D eigenvalue weighted by Crippen LogP contribution is -2.30. The monoisotopic (exact) mass is 258 g/mol. The predicted molar refractivity (Wildman–Crippen MR) is 71.7 cm³/mol. The van der Waals surface area contributed by atoms with Crippen LogP contribution in [0.25, 0.3) is 0 Å². The van der Waals surface area contributed by atoms with Crippen LogP contribution in [-0.4, -0.2) is 17.3 Å². The molecule has 0 unspecified atom stereocenters. The maximum Gasteiger partial charge on any atom is 0.146 e. The molecule has 3 heteroatoms. The molecule has 1 fully saturated rings. The molecule has 1 aromatic rings. The second kappa shape index (κ2) is 5.47. The van der Waals surface area contributed by atoms with Crippen LogP contribution in [0, 0.1) is 5.41 Å². The van der Waals surface area contributed by atoms with Crippen molar-refractivity contribution in [3.8, 4) is 0 Å². The first kappa shape index (κ1) is 13.7. The Morgan fingerprint density at radius 3 is 2.26 bits per heavy atom. The Balaban J connectivity index is 1.90. The summed E-state index contributed by atoms with van der Waals surface area (Å²) >= 11 is 0. The van der Waals surface area contributed by atoms with Gasteiger partial charge in [-0.15, -0.1) is 0 Å². The zero-order valence-corrected chi connectivity index (χ0v) is 11.1. The highest BCUT2D eigenvalue weighted by Crippen LogP contribution is 2.35. The van der Waals surface area contributed by atoms with Gasteiger partial charge in [0.1, 0.15) is 17.3 Å². The Morgan fingerprint density at radius 2 is 1.68 bits per heavy atom. The average molecular weight is 258 g/mol. The molecule has 1 aromatic carbocycles. The Labute approximate surface area is 113 Å². The number of hydrogen-bond acceptors (Lipinski definition) is 3. The van der Waals surface area contributed by atoms with Crippen LogP contribution in [0.2, 0.25) is 0 Å². The van der Waals surface area contributed by atoms with E-state index in [0.29, 0.717) is 32.1 Å². The van der Waals surface area contributed by atoms with Gasteiger partial charge >= 0.3 is 0 Å². The summed E-state index contributed by atoms with van der Waals surface area (Å²) in [7, 11) is 0. The van der Waals surface area contributed by atoms with Crippen LogP contribution in [0.15, 0.2) is 30.3 Å². The summed E-state index contributed by atoms with van der Waals surface area (Å²) in [5.41, 5.74) is 0.0635. The Hall–Kier alpha value is -1.77. The predicted octanol–water partition coefficient (Wildman–Crippen LogP) is 2.52. The van der Waals surface area contributed by atoms with Crippen molar-refractivity contribution in [2.45, 2.75) is 39.0 Å². The van der Waals surface area contributed by atoms with E-state index in [1.807, 2.05) is 30.3 Å². The topological polar surface area (TPSA) is 51.2 Å². The molecule has 0 radical (unpaired) electrons. The fourth-order valence-electron chi connectivity index (χ4n) is 2.51. The third-order valence-corrected chi connectivity index (χ3v) is 3.96. The average Bonchev–Trinajstić information content (AvgIpc) is 2.66. The number of hydrogen-bond donors (Lipinski definition) is 0. The molecule has 1 aliphatic carbocycles. The van der Waals surface area contributed by atoms with Gasteiger partial charge in [0.2, 0.25) is 0 Å². The van der Waals surface area contributed by atoms with Crippen LogP contribution in [0.1, 0.15) is 38.2 Å². The van der Waals surface area contributed by atoms with E-state index in [9.17, 15) is 14.4 Å². The molecule has 0 aromatic heterocycles. The minimum atomic E-state index is -0.910. The Kier molecular flexibility index (Phi) is 3.93. The number of carbonyl (C=O) groups excluding carboxylic acids is 3. The lowest BCUT2D eigenvalue weighted by Gasteiger charge is -2.19. The van der Waals surface area contributed by atoms with Gasteiger partial charge in [-0.1, -0.05) is 30.3 Å². The van der Waals surface area contributed by atoms with E-state index in [4.69, 9.17) is 0 Å². The zero-order valence-electron chi connectivity index (χ0n) is 11.1. The van der Waals surface area contributed by atoms with Crippen LogP contribution in [-0.2, 0) is 20.8 Å². The Morgan fingerprint density at radius 1 is 1.11 bits per heavy atom. The van der Waals surface area contributed by atoms with Crippen molar-refractivity contribution in [1.82, 2.24) is 0 Å². The number of Topliss-reactive ketones (excluding diaryl/α,β-unsaturated/α-hetero) is 3. The smallest absolute Gasteiger partial charge is 0.146 e. The van der Waals surface area contributed by atoms with Crippen molar-refractivity contribution in [3.63, 3.8) is 0 Å². The van der Waals surface area contributed by atoms with E-state index in [-0.39, 0.29) is 17.3 Å². The van der Waals surface area contributed by atoms with Crippen molar-refractivity contribution < 1.29 is 14.4 Å². The SMILES string of the molecule is CC1(CCC(=O)Cc2ccccc2)C(=O)CCC1=O. The molecular formula is C16H18O3. The highest BCUT2D eigenvalue weighted by molar-refractivity contribution is 6.12. The van der Waals surface area contributed by atoms with Crippen molar-refractivity contribution in [3.05, 3.63) is 35.9 Å². The molecule has 0 amide bonds. The zero-order chi connectivity index (χ0) is 13.9. The van der Waals surface area contributed by atoms with Gasteiger partial charge in [-0.2, -0.15) is 0 Å². The van der Waals surface area contributed by atoms with Crippen LogP contribution in [0.3, 0.4) is 0 Å². The molecule has 0 saturated heterocycles. The molecule has 100 valence electrons. The second-order valence-electron chi connectivity index (χ2n) is 5.38. The molecule has 0 heterocycles. The molecule has 1 saturated carbocycles. The van der Waals surface area contributed by atoms with Crippen molar-refractivity contribution in [2.24, 2.45) is 5.41 Å². The van der Waals surface area contributed by atoms with Gasteiger partial charge in [0.25, 0.3) is 0 Å². The fourth-order valence-corrected chi connectivity index (χ4v) is 2.51. The van der Waals surface area contributed by atoms with E-state index >= 15 is 0 Å². The van der Waals surface area contributed by atoms with Crippen molar-refractivity contribution in [2.75, 3.05) is 0 Å². The lowest BCUT2D eigenvalue weighted by molar-refractivity contribution is -0.134. The van der Waals surface area contributed by atoms with Gasteiger partial charge < -0.3 is 0 Å². The molecule has 2 rings (SSSR count). The highest BCUT2D eigenvalue weighted by Gasteiger charge is 2.44. The van der Waals surface area contributed by atoms with Gasteiger partial charge in [-0.05, 0) is 18.9 Å².